The zero-order chi connectivity index (χ0) is 13.5. The fourth-order valence-electron chi connectivity index (χ4n) is 2.46. The molecule has 102 valence electrons. The predicted molar refractivity (Wildman–Crippen MR) is 77.5 cm³/mol. The van der Waals surface area contributed by atoms with Crippen LogP contribution in [0.4, 0.5) is 4.79 Å². The van der Waals surface area contributed by atoms with Crippen molar-refractivity contribution in [1.29, 1.82) is 0 Å². The average Bonchev–Trinajstić information content (AvgIpc) is 2.47. The molecule has 0 heterocycles. The highest BCUT2D eigenvalue weighted by molar-refractivity contribution is 6.04. The van der Waals surface area contributed by atoms with Crippen molar-refractivity contribution in [3.63, 3.8) is 0 Å². The normalized spacial score (nSPS) is 22.7. The molecule has 1 saturated carbocycles. The van der Waals surface area contributed by atoms with Crippen molar-refractivity contribution in [2.24, 2.45) is 0 Å². The number of hydrogen-bond acceptors (Lipinski definition) is 3. The van der Waals surface area contributed by atoms with Crippen LogP contribution in [0.5, 0.6) is 0 Å². The number of amides is 1. The van der Waals surface area contributed by atoms with Crippen LogP contribution in [-0.2, 0) is 11.3 Å². The van der Waals surface area contributed by atoms with Gasteiger partial charge in [0, 0.05) is 6.04 Å². The Hall–Kier alpha value is -1.49. The third-order valence-corrected chi connectivity index (χ3v) is 3.67. The quantitative estimate of drug-likeness (QED) is 0.804. The Kier molecular flexibility index (Phi) is 5.27. The lowest BCUT2D eigenvalue weighted by atomic mass is 9.90. The number of carbonyl (C=O) groups excluding carboxylic acids is 1. The first-order valence-electron chi connectivity index (χ1n) is 6.92. The van der Waals surface area contributed by atoms with Gasteiger partial charge in [-0.05, 0) is 37.3 Å². The highest BCUT2D eigenvalue weighted by Gasteiger charge is 2.21. The molecule has 1 aromatic carbocycles. The monoisotopic (exact) mass is 260 g/mol. The molecule has 1 aromatic rings. The number of nitrogens with one attached hydrogen (secondary N) is 2. The van der Waals surface area contributed by atoms with Gasteiger partial charge in [-0.15, -0.1) is 0 Å². The summed E-state index contributed by atoms with van der Waals surface area (Å²) in [6.07, 6.45) is 3.95. The largest absolute Gasteiger partial charge is 0.445 e. The number of rotatable bonds is 4. The summed E-state index contributed by atoms with van der Waals surface area (Å²) in [6, 6.07) is 10.6. The lowest BCUT2D eigenvalue weighted by molar-refractivity contribution is 0.132. The predicted octanol–water partition coefficient (Wildman–Crippen LogP) is 1.36. The standard InChI is InChI=1S/C14H21BN2O2/c15-17-13-8-6-12(7-9-13)16-14(18)19-10-11-4-2-1-3-5-11/h1-5,12-13,17H,6-10,15H2,(H,16,18). The van der Waals surface area contributed by atoms with E-state index in [2.05, 4.69) is 10.5 Å². The van der Waals surface area contributed by atoms with Crippen LogP contribution in [-0.4, -0.2) is 26.2 Å². The van der Waals surface area contributed by atoms with E-state index in [9.17, 15) is 4.79 Å². The van der Waals surface area contributed by atoms with Gasteiger partial charge in [0.05, 0.1) is 0 Å². The fourth-order valence-corrected chi connectivity index (χ4v) is 2.46. The second kappa shape index (κ2) is 7.19. The number of alkyl carbamates (subject to hydrolysis) is 1. The Morgan fingerprint density at radius 2 is 1.79 bits per heavy atom. The van der Waals surface area contributed by atoms with E-state index >= 15 is 0 Å². The molecule has 4 nitrogen and oxygen atoms in total. The van der Waals surface area contributed by atoms with Crippen LogP contribution in [0.15, 0.2) is 30.3 Å². The van der Waals surface area contributed by atoms with Crippen molar-refractivity contribution >= 4 is 14.1 Å². The molecule has 2 rings (SSSR count). The van der Waals surface area contributed by atoms with Gasteiger partial charge in [-0.25, -0.2) is 4.79 Å². The highest BCUT2D eigenvalue weighted by Crippen LogP contribution is 2.18. The number of benzene rings is 1. The summed E-state index contributed by atoms with van der Waals surface area (Å²) in [5.41, 5.74) is 1.01. The lowest BCUT2D eigenvalue weighted by Crippen LogP contribution is -2.41. The fraction of sp³-hybridized carbons (Fsp3) is 0.500. The maximum atomic E-state index is 11.7. The zero-order valence-corrected chi connectivity index (χ0v) is 11.4. The minimum absolute atomic E-state index is 0.257. The van der Waals surface area contributed by atoms with Crippen molar-refractivity contribution in [1.82, 2.24) is 10.5 Å². The van der Waals surface area contributed by atoms with Gasteiger partial charge in [-0.1, -0.05) is 30.3 Å². The Morgan fingerprint density at radius 1 is 1.16 bits per heavy atom. The van der Waals surface area contributed by atoms with E-state index in [0.29, 0.717) is 12.6 Å². The number of hydrogen-bond donors (Lipinski definition) is 2. The summed E-state index contributed by atoms with van der Waals surface area (Å²) in [5.74, 6) is 0. The third-order valence-electron chi connectivity index (χ3n) is 3.67. The van der Waals surface area contributed by atoms with Crippen molar-refractivity contribution in [2.75, 3.05) is 0 Å². The third kappa shape index (κ3) is 4.60. The Labute approximate surface area is 115 Å². The summed E-state index contributed by atoms with van der Waals surface area (Å²) in [6.45, 7) is 0.332. The van der Waals surface area contributed by atoms with E-state index in [1.54, 1.807) is 0 Å². The topological polar surface area (TPSA) is 50.4 Å². The molecule has 19 heavy (non-hydrogen) atoms. The molecule has 1 amide bonds. The number of carbonyl (C=O) groups is 1. The maximum Gasteiger partial charge on any atom is 0.407 e. The molecule has 0 saturated heterocycles. The molecule has 0 radical (unpaired) electrons. The molecule has 2 N–H and O–H groups in total. The van der Waals surface area contributed by atoms with Gasteiger partial charge in [0.15, 0.2) is 7.98 Å². The molecule has 5 heteroatoms. The van der Waals surface area contributed by atoms with Crippen molar-refractivity contribution in [3.8, 4) is 0 Å². The first-order chi connectivity index (χ1) is 9.28. The van der Waals surface area contributed by atoms with Gasteiger partial charge in [0.25, 0.3) is 0 Å². The molecule has 0 unspecified atom stereocenters. The van der Waals surface area contributed by atoms with Crippen molar-refractivity contribution in [3.05, 3.63) is 35.9 Å². The van der Waals surface area contributed by atoms with Crippen LogP contribution < -0.4 is 10.5 Å². The smallest absolute Gasteiger partial charge is 0.407 e. The van der Waals surface area contributed by atoms with Crippen LogP contribution >= 0.6 is 0 Å². The lowest BCUT2D eigenvalue weighted by Gasteiger charge is -2.28. The minimum atomic E-state index is -0.309. The van der Waals surface area contributed by atoms with E-state index in [0.717, 1.165) is 31.2 Å². The van der Waals surface area contributed by atoms with Crippen LogP contribution in [0.1, 0.15) is 31.2 Å². The van der Waals surface area contributed by atoms with E-state index < -0.39 is 0 Å². The Morgan fingerprint density at radius 3 is 2.42 bits per heavy atom. The van der Waals surface area contributed by atoms with Gasteiger partial charge in [-0.2, -0.15) is 0 Å². The van der Waals surface area contributed by atoms with E-state index in [-0.39, 0.29) is 12.1 Å². The highest BCUT2D eigenvalue weighted by atomic mass is 16.5. The second-order valence-electron chi connectivity index (χ2n) is 5.04. The average molecular weight is 260 g/mol. The van der Waals surface area contributed by atoms with E-state index in [4.69, 9.17) is 4.74 Å². The SMILES string of the molecule is BNC1CCC(NC(=O)OCc2ccccc2)CC1. The van der Waals surface area contributed by atoms with Crippen LogP contribution in [0.25, 0.3) is 0 Å². The molecule has 1 aliphatic rings. The summed E-state index contributed by atoms with van der Waals surface area (Å²) in [4.78, 5) is 11.7. The summed E-state index contributed by atoms with van der Waals surface area (Å²) >= 11 is 0. The zero-order valence-electron chi connectivity index (χ0n) is 11.4. The molecule has 0 atom stereocenters. The van der Waals surface area contributed by atoms with Crippen molar-refractivity contribution in [2.45, 2.75) is 44.4 Å². The molecule has 0 spiro atoms. The first kappa shape index (κ1) is 13.9. The van der Waals surface area contributed by atoms with Gasteiger partial charge >= 0.3 is 6.09 Å². The van der Waals surface area contributed by atoms with Crippen molar-refractivity contribution < 1.29 is 9.53 Å². The minimum Gasteiger partial charge on any atom is -0.445 e. The molecule has 0 aliphatic heterocycles. The van der Waals surface area contributed by atoms with E-state index in [1.807, 2.05) is 38.3 Å². The summed E-state index contributed by atoms with van der Waals surface area (Å²) in [7, 11) is 1.99. The molecular formula is C14H21BN2O2. The van der Waals surface area contributed by atoms with E-state index in [1.165, 1.54) is 0 Å². The number of ether oxygens (including phenoxy) is 1. The van der Waals surface area contributed by atoms with Gasteiger partial charge < -0.3 is 15.3 Å². The van der Waals surface area contributed by atoms with Crippen LogP contribution in [0.3, 0.4) is 0 Å². The Bertz CT molecular complexity index is 392. The summed E-state index contributed by atoms with van der Waals surface area (Å²) in [5, 5.41) is 6.23. The van der Waals surface area contributed by atoms with Gasteiger partial charge in [0.1, 0.15) is 6.61 Å². The van der Waals surface area contributed by atoms with Crippen LogP contribution in [0, 0.1) is 0 Å². The molecular weight excluding hydrogens is 239 g/mol. The Balaban J connectivity index is 1.67. The summed E-state index contributed by atoms with van der Waals surface area (Å²) < 4.78 is 5.22. The van der Waals surface area contributed by atoms with Gasteiger partial charge in [0.2, 0.25) is 0 Å². The maximum absolute atomic E-state index is 11.7. The molecule has 0 aromatic heterocycles. The molecule has 0 bridgehead atoms. The second-order valence-corrected chi connectivity index (χ2v) is 5.04. The molecule has 1 aliphatic carbocycles. The van der Waals surface area contributed by atoms with Gasteiger partial charge in [-0.3, -0.25) is 0 Å². The van der Waals surface area contributed by atoms with Crippen LogP contribution in [0.2, 0.25) is 0 Å². The first-order valence-corrected chi connectivity index (χ1v) is 6.92. The molecule has 1 fully saturated rings.